The number of esters is 1. The Morgan fingerprint density at radius 2 is 1.88 bits per heavy atom. The van der Waals surface area contributed by atoms with Gasteiger partial charge in [0.15, 0.2) is 16.3 Å². The summed E-state index contributed by atoms with van der Waals surface area (Å²) in [5.74, 6) is 0.260. The van der Waals surface area contributed by atoms with Crippen LogP contribution >= 0.6 is 22.9 Å². The average molecular weight is 620 g/mol. The van der Waals surface area contributed by atoms with Crippen molar-refractivity contribution in [1.29, 1.82) is 0 Å². The SMILES string of the molecule is CCOC(=O)C1=C(C)N=c2s/c(=C\c3cccc(OC)c3OCc3ccc([N+](=O)[O-])cc3)c(=O)n2[C@@H]1c1ccccc1Cl. The van der Waals surface area contributed by atoms with E-state index in [2.05, 4.69) is 4.99 Å². The van der Waals surface area contributed by atoms with E-state index in [0.717, 1.165) is 0 Å². The van der Waals surface area contributed by atoms with Crippen LogP contribution < -0.4 is 24.4 Å². The molecular weight excluding hydrogens is 594 g/mol. The predicted octanol–water partition coefficient (Wildman–Crippen LogP) is 4.95. The summed E-state index contributed by atoms with van der Waals surface area (Å²) in [4.78, 5) is 42.7. The fourth-order valence-electron chi connectivity index (χ4n) is 4.75. The smallest absolute Gasteiger partial charge is 0.338 e. The summed E-state index contributed by atoms with van der Waals surface area (Å²) in [5.41, 5.74) is 2.14. The van der Waals surface area contributed by atoms with Crippen molar-refractivity contribution in [1.82, 2.24) is 4.57 Å². The molecule has 1 aliphatic rings. The molecule has 0 N–H and O–H groups in total. The molecule has 1 atom stereocenters. The van der Waals surface area contributed by atoms with Gasteiger partial charge in [0.2, 0.25) is 0 Å². The van der Waals surface area contributed by atoms with E-state index in [1.807, 2.05) is 0 Å². The van der Waals surface area contributed by atoms with Crippen molar-refractivity contribution < 1.29 is 23.9 Å². The first-order valence-electron chi connectivity index (χ1n) is 13.2. The molecule has 12 heteroatoms. The molecule has 0 amide bonds. The van der Waals surface area contributed by atoms with Crippen molar-refractivity contribution in [2.24, 2.45) is 4.99 Å². The summed E-state index contributed by atoms with van der Waals surface area (Å²) in [7, 11) is 1.51. The molecule has 3 aromatic carbocycles. The number of carbonyl (C=O) groups is 1. The summed E-state index contributed by atoms with van der Waals surface area (Å²) >= 11 is 7.75. The summed E-state index contributed by atoms with van der Waals surface area (Å²) in [6.07, 6.45) is 1.69. The van der Waals surface area contributed by atoms with Gasteiger partial charge in [-0.2, -0.15) is 0 Å². The highest BCUT2D eigenvalue weighted by molar-refractivity contribution is 7.07. The minimum Gasteiger partial charge on any atom is -0.493 e. The first-order chi connectivity index (χ1) is 20.7. The number of methoxy groups -OCH3 is 1. The van der Waals surface area contributed by atoms with Crippen LogP contribution in [0.3, 0.4) is 0 Å². The Morgan fingerprint density at radius 3 is 2.56 bits per heavy atom. The van der Waals surface area contributed by atoms with Gasteiger partial charge in [-0.25, -0.2) is 9.79 Å². The van der Waals surface area contributed by atoms with E-state index < -0.39 is 16.9 Å². The fraction of sp³-hybridized carbons (Fsp3) is 0.194. The number of ether oxygens (including phenoxy) is 3. The first kappa shape index (κ1) is 29.7. The van der Waals surface area contributed by atoms with E-state index in [0.29, 0.717) is 48.2 Å². The molecule has 43 heavy (non-hydrogen) atoms. The van der Waals surface area contributed by atoms with Gasteiger partial charge in [0, 0.05) is 22.7 Å². The predicted molar refractivity (Wildman–Crippen MR) is 162 cm³/mol. The quantitative estimate of drug-likeness (QED) is 0.148. The highest BCUT2D eigenvalue weighted by Crippen LogP contribution is 2.35. The number of rotatable bonds is 9. The molecule has 0 bridgehead atoms. The maximum Gasteiger partial charge on any atom is 0.338 e. The normalized spacial score (nSPS) is 14.6. The second-order valence-electron chi connectivity index (χ2n) is 9.41. The lowest BCUT2D eigenvalue weighted by Gasteiger charge is -2.25. The number of halogens is 1. The topological polar surface area (TPSA) is 122 Å². The van der Waals surface area contributed by atoms with Gasteiger partial charge >= 0.3 is 5.97 Å². The van der Waals surface area contributed by atoms with Gasteiger partial charge in [0.25, 0.3) is 11.2 Å². The van der Waals surface area contributed by atoms with Crippen LogP contribution in [0.15, 0.2) is 87.8 Å². The van der Waals surface area contributed by atoms with Gasteiger partial charge in [0.1, 0.15) is 12.6 Å². The number of aromatic nitrogens is 1. The second-order valence-corrected chi connectivity index (χ2v) is 10.8. The summed E-state index contributed by atoms with van der Waals surface area (Å²) in [6, 6.07) is 17.5. The van der Waals surface area contributed by atoms with E-state index in [-0.39, 0.29) is 30.0 Å². The lowest BCUT2D eigenvalue weighted by Crippen LogP contribution is -2.40. The van der Waals surface area contributed by atoms with Gasteiger partial charge in [-0.3, -0.25) is 19.5 Å². The van der Waals surface area contributed by atoms with Crippen LogP contribution in [0.25, 0.3) is 6.08 Å². The number of hydrogen-bond donors (Lipinski definition) is 0. The largest absolute Gasteiger partial charge is 0.493 e. The van der Waals surface area contributed by atoms with Crippen LogP contribution in [0.1, 0.15) is 36.6 Å². The van der Waals surface area contributed by atoms with Crippen LogP contribution in [-0.4, -0.2) is 29.2 Å². The Kier molecular flexibility index (Phi) is 8.74. The number of nitro groups is 1. The number of non-ortho nitro benzene ring substituents is 1. The zero-order chi connectivity index (χ0) is 30.7. The standard InChI is InChI=1S/C31H26ClN3O7S/c1-4-41-30(37)26-18(2)33-31-34(27(26)22-9-5-6-10-23(22)32)29(36)25(43-31)16-20-8-7-11-24(40-3)28(20)42-17-19-12-14-21(15-13-19)35(38)39/h5-16,27H,4,17H2,1-3H3/b25-16-/t27-/m1/s1. The molecular formula is C31H26ClN3O7S. The number of carbonyl (C=O) groups excluding carboxylic acids is 1. The Balaban J connectivity index is 1.61. The second kappa shape index (κ2) is 12.6. The van der Waals surface area contributed by atoms with E-state index in [9.17, 15) is 19.7 Å². The number of nitrogens with zero attached hydrogens (tertiary/aromatic N) is 3. The molecule has 2 heterocycles. The number of para-hydroxylation sites is 1. The number of hydrogen-bond acceptors (Lipinski definition) is 9. The van der Waals surface area contributed by atoms with Gasteiger partial charge in [-0.15, -0.1) is 0 Å². The van der Waals surface area contributed by atoms with Crippen LogP contribution in [0.2, 0.25) is 5.02 Å². The van der Waals surface area contributed by atoms with Crippen molar-refractivity contribution in [2.45, 2.75) is 26.5 Å². The third kappa shape index (κ3) is 5.95. The van der Waals surface area contributed by atoms with E-state index in [1.165, 1.54) is 35.1 Å². The summed E-state index contributed by atoms with van der Waals surface area (Å²) in [5, 5.41) is 11.4. The molecule has 0 saturated heterocycles. The summed E-state index contributed by atoms with van der Waals surface area (Å²) in [6.45, 7) is 3.69. The number of fused-ring (bicyclic) bond motifs is 1. The van der Waals surface area contributed by atoms with Crippen molar-refractivity contribution in [3.8, 4) is 11.5 Å². The maximum atomic E-state index is 14.0. The lowest BCUT2D eigenvalue weighted by molar-refractivity contribution is -0.384. The van der Waals surface area contributed by atoms with E-state index in [4.69, 9.17) is 25.8 Å². The lowest BCUT2D eigenvalue weighted by atomic mass is 9.96. The van der Waals surface area contributed by atoms with E-state index >= 15 is 0 Å². The fourth-order valence-corrected chi connectivity index (χ4v) is 6.03. The number of benzene rings is 3. The maximum absolute atomic E-state index is 14.0. The minimum atomic E-state index is -0.839. The van der Waals surface area contributed by atoms with Gasteiger partial charge < -0.3 is 14.2 Å². The molecule has 0 unspecified atom stereocenters. The monoisotopic (exact) mass is 619 g/mol. The highest BCUT2D eigenvalue weighted by Gasteiger charge is 2.34. The minimum absolute atomic E-state index is 0.0199. The average Bonchev–Trinajstić information content (AvgIpc) is 3.30. The third-order valence-corrected chi connectivity index (χ3v) is 8.09. The van der Waals surface area contributed by atoms with Crippen LogP contribution in [-0.2, 0) is 16.1 Å². The van der Waals surface area contributed by atoms with Crippen molar-refractivity contribution >= 4 is 40.7 Å². The van der Waals surface area contributed by atoms with Crippen molar-refractivity contribution in [3.63, 3.8) is 0 Å². The first-order valence-corrected chi connectivity index (χ1v) is 14.4. The Hall–Kier alpha value is -4.74. The van der Waals surface area contributed by atoms with Gasteiger partial charge in [0.05, 0.1) is 34.4 Å². The molecule has 220 valence electrons. The molecule has 0 spiro atoms. The molecule has 1 aliphatic heterocycles. The summed E-state index contributed by atoms with van der Waals surface area (Å²) < 4.78 is 18.8. The van der Waals surface area contributed by atoms with Gasteiger partial charge in [-0.1, -0.05) is 53.3 Å². The molecule has 0 radical (unpaired) electrons. The Bertz CT molecular complexity index is 1930. The molecule has 0 fully saturated rings. The molecule has 10 nitrogen and oxygen atoms in total. The number of nitro benzene ring substituents is 1. The third-order valence-electron chi connectivity index (χ3n) is 6.76. The molecule has 0 saturated carbocycles. The number of allylic oxidation sites excluding steroid dienone is 1. The highest BCUT2D eigenvalue weighted by atomic mass is 35.5. The van der Waals surface area contributed by atoms with Crippen molar-refractivity contribution in [2.75, 3.05) is 13.7 Å². The van der Waals surface area contributed by atoms with Crippen LogP contribution in [0, 0.1) is 10.1 Å². The Morgan fingerprint density at radius 1 is 1.14 bits per heavy atom. The van der Waals surface area contributed by atoms with Crippen molar-refractivity contribution in [3.05, 3.63) is 130 Å². The molecule has 4 aromatic rings. The molecule has 5 rings (SSSR count). The zero-order valence-corrected chi connectivity index (χ0v) is 25.0. The number of thiazole rings is 1. The molecule has 0 aliphatic carbocycles. The van der Waals surface area contributed by atoms with Crippen LogP contribution in [0.5, 0.6) is 11.5 Å². The van der Waals surface area contributed by atoms with Crippen LogP contribution in [0.4, 0.5) is 5.69 Å². The Labute approximate surface area is 254 Å². The molecule has 1 aromatic heterocycles. The zero-order valence-electron chi connectivity index (χ0n) is 23.4. The van der Waals surface area contributed by atoms with Gasteiger partial charge in [-0.05, 0) is 55.3 Å². The van der Waals surface area contributed by atoms with E-state index in [1.54, 1.807) is 74.5 Å².